The molecule has 0 saturated carbocycles. The van der Waals surface area contributed by atoms with Gasteiger partial charge in [0.25, 0.3) is 0 Å². The first-order chi connectivity index (χ1) is 13.8. The Morgan fingerprint density at radius 1 is 0.571 bits per heavy atom. The summed E-state index contributed by atoms with van der Waals surface area (Å²) in [5.41, 5.74) is 6.50. The van der Waals surface area contributed by atoms with E-state index in [1.807, 2.05) is 35.7 Å². The maximum absolute atomic E-state index is 5.52. The van der Waals surface area contributed by atoms with Crippen LogP contribution in [0.3, 0.4) is 0 Å². The highest BCUT2D eigenvalue weighted by Gasteiger charge is 2.10. The van der Waals surface area contributed by atoms with E-state index in [-0.39, 0.29) is 0 Å². The second kappa shape index (κ2) is 7.89. The first-order valence-electron chi connectivity index (χ1n) is 9.09. The maximum atomic E-state index is 5.52. The smallest absolute Gasteiger partial charge is 0.147 e. The van der Waals surface area contributed by atoms with Crippen LogP contribution in [-0.4, -0.2) is 10.3 Å². The standard InChI is InChI=1S/C22H18N2O2S2/c1-5-17-6-2-15(1)11-27-13-20-10-22(24-26-20)18-7-3-16(4-8-18)12-28-14-19-9-21(17)23-25-19/h1-10H,11-14H2. The van der Waals surface area contributed by atoms with Crippen molar-refractivity contribution in [3.8, 4) is 22.5 Å². The minimum absolute atomic E-state index is 0.802. The summed E-state index contributed by atoms with van der Waals surface area (Å²) in [5, 5.41) is 8.46. The predicted octanol–water partition coefficient (Wildman–Crippen LogP) is 6.18. The lowest BCUT2D eigenvalue weighted by Crippen LogP contribution is -1.84. The van der Waals surface area contributed by atoms with Crippen LogP contribution in [0.5, 0.6) is 0 Å². The van der Waals surface area contributed by atoms with Crippen LogP contribution in [0.2, 0.25) is 0 Å². The predicted molar refractivity (Wildman–Crippen MR) is 114 cm³/mol. The molecule has 0 saturated heterocycles. The Kier molecular flexibility index (Phi) is 4.97. The first-order valence-corrected chi connectivity index (χ1v) is 11.4. The minimum atomic E-state index is 0.802. The summed E-state index contributed by atoms with van der Waals surface area (Å²) in [4.78, 5) is 0. The molecule has 6 heteroatoms. The summed E-state index contributed by atoms with van der Waals surface area (Å²) in [5.74, 6) is 5.26. The van der Waals surface area contributed by atoms with Gasteiger partial charge in [0.15, 0.2) is 0 Å². The molecule has 0 N–H and O–H groups in total. The molecule has 0 fully saturated rings. The van der Waals surface area contributed by atoms with E-state index in [1.54, 1.807) is 0 Å². The van der Waals surface area contributed by atoms with Gasteiger partial charge in [-0.15, -0.1) is 23.5 Å². The van der Waals surface area contributed by atoms with E-state index in [4.69, 9.17) is 9.05 Å². The monoisotopic (exact) mass is 406 g/mol. The van der Waals surface area contributed by atoms with E-state index in [1.165, 1.54) is 11.1 Å². The van der Waals surface area contributed by atoms with Crippen molar-refractivity contribution in [1.29, 1.82) is 0 Å². The molecule has 0 spiro atoms. The van der Waals surface area contributed by atoms with Crippen LogP contribution in [0.25, 0.3) is 22.5 Å². The fourth-order valence-corrected chi connectivity index (χ4v) is 4.85. The molecular weight excluding hydrogens is 388 g/mol. The number of benzene rings is 2. The lowest BCUT2D eigenvalue weighted by molar-refractivity contribution is 0.397. The second-order valence-electron chi connectivity index (χ2n) is 6.74. The van der Waals surface area contributed by atoms with E-state index in [2.05, 4.69) is 58.8 Å². The van der Waals surface area contributed by atoms with Crippen LogP contribution in [0.1, 0.15) is 22.6 Å². The largest absolute Gasteiger partial charge is 0.360 e. The van der Waals surface area contributed by atoms with Crippen molar-refractivity contribution in [3.05, 3.63) is 83.3 Å². The van der Waals surface area contributed by atoms with Gasteiger partial charge in [0.05, 0.1) is 11.5 Å². The van der Waals surface area contributed by atoms with Gasteiger partial charge >= 0.3 is 0 Å². The average Bonchev–Trinajstić information content (AvgIpc) is 3.39. The van der Waals surface area contributed by atoms with Gasteiger partial charge in [-0.2, -0.15) is 0 Å². The van der Waals surface area contributed by atoms with E-state index < -0.39 is 0 Å². The first kappa shape index (κ1) is 17.6. The Labute approximate surface area is 171 Å². The Balaban J connectivity index is 1.42. The van der Waals surface area contributed by atoms with Gasteiger partial charge in [0.2, 0.25) is 0 Å². The highest BCUT2D eigenvalue weighted by molar-refractivity contribution is 7.97. The number of thioether (sulfide) groups is 2. The molecule has 8 rings (SSSR count). The summed E-state index contributed by atoms with van der Waals surface area (Å²) < 4.78 is 11.0. The van der Waals surface area contributed by atoms with Gasteiger partial charge < -0.3 is 9.05 Å². The molecule has 0 radical (unpaired) electrons. The van der Waals surface area contributed by atoms with Gasteiger partial charge in [-0.1, -0.05) is 58.8 Å². The summed E-state index contributed by atoms with van der Waals surface area (Å²) in [7, 11) is 0. The third-order valence-corrected chi connectivity index (χ3v) is 6.70. The Morgan fingerprint density at radius 2 is 1.00 bits per heavy atom. The highest BCUT2D eigenvalue weighted by atomic mass is 32.2. The van der Waals surface area contributed by atoms with Crippen LogP contribution in [0.4, 0.5) is 0 Å². The van der Waals surface area contributed by atoms with Crippen LogP contribution in [0, 0.1) is 0 Å². The maximum Gasteiger partial charge on any atom is 0.147 e. The Morgan fingerprint density at radius 3 is 1.43 bits per heavy atom. The molecule has 4 aliphatic rings. The number of hydrogen-bond donors (Lipinski definition) is 0. The Bertz CT molecular complexity index is 981. The number of aromatic nitrogens is 2. The quantitative estimate of drug-likeness (QED) is 0.348. The molecule has 4 aromatic rings. The molecular formula is C22H18N2O2S2. The van der Waals surface area contributed by atoms with E-state index >= 15 is 0 Å². The SMILES string of the molecule is c1cc2ccc1CSCc1cc(no1)-c1ccc(cc1)CSCc1cc-2no1. The van der Waals surface area contributed by atoms with Crippen LogP contribution >= 0.6 is 23.5 Å². The van der Waals surface area contributed by atoms with Crippen molar-refractivity contribution in [1.82, 2.24) is 10.3 Å². The molecule has 4 nitrogen and oxygen atoms in total. The fraction of sp³-hybridized carbons (Fsp3) is 0.182. The molecule has 8 bridgehead atoms. The Hall–Kier alpha value is -2.44. The van der Waals surface area contributed by atoms with Crippen molar-refractivity contribution >= 4 is 23.5 Å². The van der Waals surface area contributed by atoms with Gasteiger partial charge in [-0.3, -0.25) is 0 Å². The number of nitrogens with zero attached hydrogens (tertiary/aromatic N) is 2. The zero-order valence-corrected chi connectivity index (χ0v) is 16.8. The molecule has 0 unspecified atom stereocenters. The third kappa shape index (κ3) is 3.88. The van der Waals surface area contributed by atoms with Crippen molar-refractivity contribution < 1.29 is 9.05 Å². The zero-order chi connectivity index (χ0) is 18.8. The van der Waals surface area contributed by atoms with Crippen LogP contribution in [0.15, 0.2) is 69.7 Å². The van der Waals surface area contributed by atoms with Crippen LogP contribution in [-0.2, 0) is 23.0 Å². The molecule has 28 heavy (non-hydrogen) atoms. The number of hydrogen-bond acceptors (Lipinski definition) is 6. The van der Waals surface area contributed by atoms with E-state index in [9.17, 15) is 0 Å². The lowest BCUT2D eigenvalue weighted by atomic mass is 10.1. The topological polar surface area (TPSA) is 52.1 Å². The summed E-state index contributed by atoms with van der Waals surface area (Å²) in [6.45, 7) is 0. The zero-order valence-electron chi connectivity index (χ0n) is 15.1. The molecule has 0 atom stereocenters. The normalized spacial score (nSPS) is 14.3. The number of rotatable bonds is 0. The summed E-state index contributed by atoms with van der Waals surface area (Å²) in [6.07, 6.45) is 0. The van der Waals surface area contributed by atoms with E-state index in [0.717, 1.165) is 57.0 Å². The summed E-state index contributed by atoms with van der Waals surface area (Å²) in [6, 6.07) is 21.1. The lowest BCUT2D eigenvalue weighted by Gasteiger charge is -2.02. The summed E-state index contributed by atoms with van der Waals surface area (Å²) >= 11 is 3.64. The molecule has 0 amide bonds. The van der Waals surface area contributed by atoms with Crippen molar-refractivity contribution in [2.45, 2.75) is 23.0 Å². The van der Waals surface area contributed by atoms with Gasteiger partial charge in [-0.25, -0.2) is 0 Å². The molecule has 2 aromatic heterocycles. The second-order valence-corrected chi connectivity index (χ2v) is 8.71. The van der Waals surface area contributed by atoms with Crippen LogP contribution < -0.4 is 0 Å². The highest BCUT2D eigenvalue weighted by Crippen LogP contribution is 2.27. The van der Waals surface area contributed by atoms with Crippen molar-refractivity contribution in [2.75, 3.05) is 0 Å². The molecule has 0 aliphatic carbocycles. The van der Waals surface area contributed by atoms with Gasteiger partial charge in [0, 0.05) is 34.8 Å². The van der Waals surface area contributed by atoms with Crippen molar-refractivity contribution in [3.63, 3.8) is 0 Å². The molecule has 2 aromatic carbocycles. The van der Waals surface area contributed by atoms with Gasteiger partial charge in [-0.05, 0) is 11.1 Å². The van der Waals surface area contributed by atoms with E-state index in [0.29, 0.717) is 0 Å². The third-order valence-electron chi connectivity index (χ3n) is 4.64. The van der Waals surface area contributed by atoms with Crippen molar-refractivity contribution in [2.24, 2.45) is 0 Å². The molecule has 6 heterocycles. The van der Waals surface area contributed by atoms with Gasteiger partial charge in [0.1, 0.15) is 22.9 Å². The molecule has 4 aliphatic heterocycles. The average molecular weight is 407 g/mol. The minimum Gasteiger partial charge on any atom is -0.360 e. The fourth-order valence-electron chi connectivity index (χ4n) is 3.12. The molecule has 140 valence electrons.